The zero-order chi connectivity index (χ0) is 13.9. The lowest BCUT2D eigenvalue weighted by Gasteiger charge is -2.24. The van der Waals surface area contributed by atoms with Gasteiger partial charge in [0, 0.05) is 10.8 Å². The Morgan fingerprint density at radius 1 is 1.39 bits per heavy atom. The fourth-order valence-electron chi connectivity index (χ4n) is 1.55. The predicted octanol–water partition coefficient (Wildman–Crippen LogP) is 2.01. The lowest BCUT2D eigenvalue weighted by molar-refractivity contribution is -0.123. The molecule has 0 aromatic heterocycles. The number of hydrogen-bond acceptors (Lipinski definition) is 4. The average molecular weight is 271 g/mol. The van der Waals surface area contributed by atoms with Gasteiger partial charge in [0.05, 0.1) is 6.54 Å². The number of hydrogen-bond donors (Lipinski definition) is 2. The summed E-state index contributed by atoms with van der Waals surface area (Å²) >= 11 is 1.74. The topological polar surface area (TPSA) is 53.5 Å². The standard InChI is InChI=1S/C13H25N3OS/c1-8(2)10-7-14-12(18-10)15-9(3)11(17)16-13(4,5)6/h8-10H,7H2,1-6H3,(H,14,15)(H,16,17). The van der Waals surface area contributed by atoms with Crippen molar-refractivity contribution in [3.05, 3.63) is 0 Å². The molecule has 2 atom stereocenters. The maximum Gasteiger partial charge on any atom is 0.242 e. The van der Waals surface area contributed by atoms with Gasteiger partial charge in [0.25, 0.3) is 0 Å². The van der Waals surface area contributed by atoms with Gasteiger partial charge >= 0.3 is 0 Å². The maximum absolute atomic E-state index is 11.9. The van der Waals surface area contributed by atoms with E-state index in [-0.39, 0.29) is 17.5 Å². The summed E-state index contributed by atoms with van der Waals surface area (Å²) in [7, 11) is 0. The maximum atomic E-state index is 11.9. The van der Waals surface area contributed by atoms with Crippen molar-refractivity contribution in [2.75, 3.05) is 6.54 Å². The van der Waals surface area contributed by atoms with Crippen LogP contribution in [-0.4, -0.2) is 34.5 Å². The van der Waals surface area contributed by atoms with Crippen molar-refractivity contribution in [1.82, 2.24) is 10.6 Å². The summed E-state index contributed by atoms with van der Waals surface area (Å²) in [4.78, 5) is 16.4. The summed E-state index contributed by atoms with van der Waals surface area (Å²) in [6.45, 7) is 13.1. The second kappa shape index (κ2) is 5.95. The fourth-order valence-corrected chi connectivity index (χ4v) is 2.65. The van der Waals surface area contributed by atoms with Crippen LogP contribution in [0.2, 0.25) is 0 Å². The zero-order valence-electron chi connectivity index (χ0n) is 12.2. The highest BCUT2D eigenvalue weighted by Crippen LogP contribution is 2.26. The lowest BCUT2D eigenvalue weighted by atomic mass is 10.1. The normalized spacial score (nSPS) is 21.7. The molecule has 0 bridgehead atoms. The smallest absolute Gasteiger partial charge is 0.242 e. The third kappa shape index (κ3) is 4.88. The largest absolute Gasteiger partial charge is 0.353 e. The molecule has 1 rings (SSSR count). The highest BCUT2D eigenvalue weighted by Gasteiger charge is 2.25. The monoisotopic (exact) mass is 271 g/mol. The van der Waals surface area contributed by atoms with Crippen LogP contribution in [0.5, 0.6) is 0 Å². The van der Waals surface area contributed by atoms with Gasteiger partial charge in [-0.1, -0.05) is 25.6 Å². The molecule has 18 heavy (non-hydrogen) atoms. The third-order valence-corrected chi connectivity index (χ3v) is 4.12. The number of nitrogens with zero attached hydrogens (tertiary/aromatic N) is 1. The first-order valence-electron chi connectivity index (χ1n) is 6.48. The summed E-state index contributed by atoms with van der Waals surface area (Å²) in [5.74, 6) is 0.621. The molecule has 0 aliphatic carbocycles. The second-order valence-corrected chi connectivity index (χ2v) is 7.38. The minimum Gasteiger partial charge on any atom is -0.353 e. The molecule has 2 N–H and O–H groups in total. The molecule has 1 aliphatic rings. The van der Waals surface area contributed by atoms with E-state index in [1.807, 2.05) is 27.7 Å². The first-order valence-corrected chi connectivity index (χ1v) is 7.36. The highest BCUT2D eigenvalue weighted by atomic mass is 32.2. The molecule has 0 fully saturated rings. The Hall–Kier alpha value is -0.710. The molecule has 0 aromatic rings. The Bertz CT molecular complexity index is 334. The molecule has 0 radical (unpaired) electrons. The summed E-state index contributed by atoms with van der Waals surface area (Å²) in [6, 6.07) is -0.249. The predicted molar refractivity (Wildman–Crippen MR) is 79.0 cm³/mol. The van der Waals surface area contributed by atoms with E-state index >= 15 is 0 Å². The highest BCUT2D eigenvalue weighted by molar-refractivity contribution is 8.14. The summed E-state index contributed by atoms with van der Waals surface area (Å²) in [5, 5.41) is 7.57. The van der Waals surface area contributed by atoms with Gasteiger partial charge in [0.1, 0.15) is 6.04 Å². The Balaban J connectivity index is 2.42. The minimum absolute atomic E-state index is 0.0128. The second-order valence-electron chi connectivity index (χ2n) is 6.15. The number of nitrogens with one attached hydrogen (secondary N) is 2. The van der Waals surface area contributed by atoms with Crippen LogP contribution in [0.25, 0.3) is 0 Å². The van der Waals surface area contributed by atoms with Crippen molar-refractivity contribution in [2.24, 2.45) is 10.9 Å². The van der Waals surface area contributed by atoms with Crippen LogP contribution in [0.3, 0.4) is 0 Å². The van der Waals surface area contributed by atoms with Crippen LogP contribution < -0.4 is 10.6 Å². The molecule has 0 aromatic carbocycles. The molecule has 1 heterocycles. The molecule has 5 heteroatoms. The summed E-state index contributed by atoms with van der Waals surface area (Å²) in [5.41, 5.74) is -0.196. The summed E-state index contributed by atoms with van der Waals surface area (Å²) < 4.78 is 0. The molecular formula is C13H25N3OS. The van der Waals surface area contributed by atoms with Crippen molar-refractivity contribution in [2.45, 2.75) is 58.4 Å². The molecule has 0 spiro atoms. The van der Waals surface area contributed by atoms with Crippen molar-refractivity contribution >= 4 is 22.8 Å². The van der Waals surface area contributed by atoms with Gasteiger partial charge in [0.15, 0.2) is 5.17 Å². The van der Waals surface area contributed by atoms with E-state index in [2.05, 4.69) is 29.5 Å². The average Bonchev–Trinajstić information content (AvgIpc) is 2.63. The molecule has 0 saturated carbocycles. The van der Waals surface area contributed by atoms with E-state index in [1.54, 1.807) is 11.8 Å². The van der Waals surface area contributed by atoms with Crippen molar-refractivity contribution < 1.29 is 4.79 Å². The number of carbonyl (C=O) groups is 1. The number of amides is 1. The van der Waals surface area contributed by atoms with Gasteiger partial charge < -0.3 is 10.6 Å². The first-order chi connectivity index (χ1) is 8.19. The summed E-state index contributed by atoms with van der Waals surface area (Å²) in [6.07, 6.45) is 0. The van der Waals surface area contributed by atoms with Gasteiger partial charge in [0.2, 0.25) is 5.91 Å². The van der Waals surface area contributed by atoms with Crippen LogP contribution in [0.4, 0.5) is 0 Å². The quantitative estimate of drug-likeness (QED) is 0.825. The van der Waals surface area contributed by atoms with E-state index in [0.717, 1.165) is 11.7 Å². The van der Waals surface area contributed by atoms with Gasteiger partial charge in [-0.3, -0.25) is 9.79 Å². The van der Waals surface area contributed by atoms with Crippen molar-refractivity contribution in [1.29, 1.82) is 0 Å². The third-order valence-electron chi connectivity index (χ3n) is 2.65. The number of amidine groups is 1. The minimum atomic E-state index is -0.249. The Morgan fingerprint density at radius 3 is 2.44 bits per heavy atom. The Labute approximate surface area is 114 Å². The number of thioether (sulfide) groups is 1. The van der Waals surface area contributed by atoms with Gasteiger partial charge in [-0.05, 0) is 33.6 Å². The van der Waals surface area contributed by atoms with Crippen molar-refractivity contribution in [3.63, 3.8) is 0 Å². The number of carbonyl (C=O) groups excluding carboxylic acids is 1. The van der Waals surface area contributed by atoms with Crippen LogP contribution in [0.15, 0.2) is 4.99 Å². The number of aliphatic imine (C=N–C) groups is 1. The van der Waals surface area contributed by atoms with Crippen molar-refractivity contribution in [3.8, 4) is 0 Å². The van der Waals surface area contributed by atoms with E-state index < -0.39 is 0 Å². The molecule has 1 aliphatic heterocycles. The molecule has 0 saturated heterocycles. The SMILES string of the molecule is CC(NC1=NCC(C(C)C)S1)C(=O)NC(C)(C)C. The van der Waals surface area contributed by atoms with Crippen LogP contribution in [0.1, 0.15) is 41.5 Å². The van der Waals surface area contributed by atoms with E-state index in [4.69, 9.17) is 0 Å². The lowest BCUT2D eigenvalue weighted by Crippen LogP contribution is -2.50. The molecule has 4 nitrogen and oxygen atoms in total. The molecule has 104 valence electrons. The van der Waals surface area contributed by atoms with E-state index in [1.165, 1.54) is 0 Å². The molecule has 1 amide bonds. The number of rotatable bonds is 3. The van der Waals surface area contributed by atoms with Crippen LogP contribution in [0, 0.1) is 5.92 Å². The van der Waals surface area contributed by atoms with Gasteiger partial charge in [-0.25, -0.2) is 0 Å². The van der Waals surface area contributed by atoms with E-state index in [9.17, 15) is 4.79 Å². The molecule has 2 unspecified atom stereocenters. The zero-order valence-corrected chi connectivity index (χ0v) is 13.0. The Kier molecular flexibility index (Phi) is 5.08. The van der Waals surface area contributed by atoms with Crippen LogP contribution >= 0.6 is 11.8 Å². The molecular weight excluding hydrogens is 246 g/mol. The van der Waals surface area contributed by atoms with Crippen LogP contribution in [-0.2, 0) is 4.79 Å². The Morgan fingerprint density at radius 2 is 2.00 bits per heavy atom. The van der Waals surface area contributed by atoms with Gasteiger partial charge in [-0.2, -0.15) is 0 Å². The van der Waals surface area contributed by atoms with E-state index in [0.29, 0.717) is 11.2 Å². The fraction of sp³-hybridized carbons (Fsp3) is 0.846. The van der Waals surface area contributed by atoms with Gasteiger partial charge in [-0.15, -0.1) is 0 Å². The first kappa shape index (κ1) is 15.3.